The van der Waals surface area contributed by atoms with Gasteiger partial charge >= 0.3 is 0 Å². The molecule has 4 rings (SSSR count). The summed E-state index contributed by atoms with van der Waals surface area (Å²) in [6.07, 6.45) is 1.79. The second-order valence-electron chi connectivity index (χ2n) is 6.57. The van der Waals surface area contributed by atoms with E-state index >= 15 is 0 Å². The molecule has 0 aliphatic carbocycles. The van der Waals surface area contributed by atoms with Gasteiger partial charge in [0.05, 0.1) is 10.3 Å². The molecule has 0 spiro atoms. The van der Waals surface area contributed by atoms with Gasteiger partial charge in [0, 0.05) is 6.20 Å². The van der Waals surface area contributed by atoms with Gasteiger partial charge in [0.1, 0.15) is 5.60 Å². The molecule has 0 aliphatic rings. The van der Waals surface area contributed by atoms with Crippen LogP contribution in [0.4, 0.5) is 0 Å². The van der Waals surface area contributed by atoms with E-state index < -0.39 is 5.60 Å². The Hall–Kier alpha value is -2.88. The van der Waals surface area contributed by atoms with Gasteiger partial charge in [-0.15, -0.1) is 0 Å². The number of benzene rings is 3. The van der Waals surface area contributed by atoms with E-state index in [4.69, 9.17) is 0 Å². The number of pyridine rings is 1. The third kappa shape index (κ3) is 3.72. The minimum Gasteiger partial charge on any atom is -0.379 e. The normalized spacial score (nSPS) is 12.5. The van der Waals surface area contributed by atoms with E-state index in [1.807, 2.05) is 97.1 Å². The Bertz CT molecular complexity index is 952. The SMILES string of the molecule is OC(c1ccccc1)(c1ccccc1)[C@@H](Sc1ccccn1)c1ccccc1. The first-order chi connectivity index (χ1) is 13.8. The second-order valence-corrected chi connectivity index (χ2v) is 7.70. The molecular formula is C25H21NOS. The van der Waals surface area contributed by atoms with E-state index in [0.29, 0.717) is 0 Å². The fourth-order valence-corrected chi connectivity index (χ4v) is 4.67. The van der Waals surface area contributed by atoms with E-state index in [1.165, 1.54) is 0 Å². The molecular weight excluding hydrogens is 362 g/mol. The predicted molar refractivity (Wildman–Crippen MR) is 115 cm³/mol. The highest BCUT2D eigenvalue weighted by Gasteiger charge is 2.42. The van der Waals surface area contributed by atoms with Gasteiger partial charge in [0.25, 0.3) is 0 Å². The summed E-state index contributed by atoms with van der Waals surface area (Å²) in [6, 6.07) is 35.8. The molecule has 0 unspecified atom stereocenters. The highest BCUT2D eigenvalue weighted by atomic mass is 32.2. The van der Waals surface area contributed by atoms with Crippen molar-refractivity contribution in [3.05, 3.63) is 132 Å². The van der Waals surface area contributed by atoms with E-state index in [1.54, 1.807) is 18.0 Å². The highest BCUT2D eigenvalue weighted by molar-refractivity contribution is 7.99. The van der Waals surface area contributed by atoms with Crippen molar-refractivity contribution in [3.8, 4) is 0 Å². The molecule has 4 aromatic rings. The maximum Gasteiger partial charge on any atom is 0.131 e. The lowest BCUT2D eigenvalue weighted by Crippen LogP contribution is -2.33. The van der Waals surface area contributed by atoms with Crippen LogP contribution in [0.25, 0.3) is 0 Å². The molecule has 1 aromatic heterocycles. The quantitative estimate of drug-likeness (QED) is 0.424. The first-order valence-electron chi connectivity index (χ1n) is 9.24. The molecule has 0 fully saturated rings. The van der Waals surface area contributed by atoms with Crippen molar-refractivity contribution >= 4 is 11.8 Å². The molecule has 0 saturated carbocycles. The molecule has 1 heterocycles. The van der Waals surface area contributed by atoms with Crippen LogP contribution in [0.3, 0.4) is 0 Å². The molecule has 0 bridgehead atoms. The predicted octanol–water partition coefficient (Wildman–Crippen LogP) is 5.85. The molecule has 2 nitrogen and oxygen atoms in total. The Morgan fingerprint density at radius 1 is 0.643 bits per heavy atom. The molecule has 1 atom stereocenters. The fraction of sp³-hybridized carbons (Fsp3) is 0.0800. The Kier molecular flexibility index (Phi) is 5.56. The number of aliphatic hydroxyl groups is 1. The van der Waals surface area contributed by atoms with Crippen molar-refractivity contribution < 1.29 is 5.11 Å². The number of hydrogen-bond donors (Lipinski definition) is 1. The minimum absolute atomic E-state index is 0.270. The smallest absolute Gasteiger partial charge is 0.131 e. The molecule has 0 radical (unpaired) electrons. The fourth-order valence-electron chi connectivity index (χ4n) is 3.41. The van der Waals surface area contributed by atoms with Crippen molar-refractivity contribution in [1.82, 2.24) is 4.98 Å². The molecule has 0 amide bonds. The van der Waals surface area contributed by atoms with Crippen LogP contribution < -0.4 is 0 Å². The average molecular weight is 384 g/mol. The maximum atomic E-state index is 12.3. The zero-order valence-electron chi connectivity index (χ0n) is 15.3. The Balaban J connectivity index is 1.91. The summed E-state index contributed by atoms with van der Waals surface area (Å²) < 4.78 is 0. The van der Waals surface area contributed by atoms with E-state index in [2.05, 4.69) is 17.1 Å². The molecule has 1 N–H and O–H groups in total. The first kappa shape index (κ1) is 18.5. The van der Waals surface area contributed by atoms with Crippen molar-refractivity contribution in [3.63, 3.8) is 0 Å². The van der Waals surface area contributed by atoms with Crippen LogP contribution in [-0.2, 0) is 5.60 Å². The van der Waals surface area contributed by atoms with Gasteiger partial charge in [-0.05, 0) is 28.8 Å². The van der Waals surface area contributed by atoms with Gasteiger partial charge in [-0.3, -0.25) is 0 Å². The van der Waals surface area contributed by atoms with E-state index in [-0.39, 0.29) is 5.25 Å². The van der Waals surface area contributed by atoms with Gasteiger partial charge in [-0.2, -0.15) is 0 Å². The lowest BCUT2D eigenvalue weighted by Gasteiger charge is -2.37. The van der Waals surface area contributed by atoms with Crippen LogP contribution in [0.15, 0.2) is 120 Å². The summed E-state index contributed by atoms with van der Waals surface area (Å²) in [5.41, 5.74) is 1.55. The molecule has 138 valence electrons. The van der Waals surface area contributed by atoms with E-state index in [9.17, 15) is 5.11 Å². The zero-order chi connectivity index (χ0) is 19.2. The molecule has 3 aromatic carbocycles. The average Bonchev–Trinajstić information content (AvgIpc) is 2.79. The van der Waals surface area contributed by atoms with Crippen LogP contribution in [0, 0.1) is 0 Å². The van der Waals surface area contributed by atoms with Crippen LogP contribution >= 0.6 is 11.8 Å². The van der Waals surface area contributed by atoms with Crippen molar-refractivity contribution in [2.45, 2.75) is 15.9 Å². The molecule has 3 heteroatoms. The number of aromatic nitrogens is 1. The van der Waals surface area contributed by atoms with Gasteiger partial charge in [0.15, 0.2) is 0 Å². The largest absolute Gasteiger partial charge is 0.379 e. The monoisotopic (exact) mass is 383 g/mol. The number of nitrogens with zero attached hydrogens (tertiary/aromatic N) is 1. The summed E-state index contributed by atoms with van der Waals surface area (Å²) in [6.45, 7) is 0. The standard InChI is InChI=1S/C25H21NOS/c27-25(21-14-6-2-7-15-21,22-16-8-3-9-17-22)24(20-12-4-1-5-13-20)28-23-18-10-11-19-26-23/h1-19,24,27H/t24-/m0/s1. The number of hydrogen-bond acceptors (Lipinski definition) is 3. The van der Waals surface area contributed by atoms with Crippen LogP contribution in [0.2, 0.25) is 0 Å². The minimum atomic E-state index is -1.22. The molecule has 0 aliphatic heterocycles. The summed E-state index contributed by atoms with van der Waals surface area (Å²) in [5.74, 6) is 0. The van der Waals surface area contributed by atoms with Gasteiger partial charge in [0.2, 0.25) is 0 Å². The van der Waals surface area contributed by atoms with Crippen molar-refractivity contribution in [1.29, 1.82) is 0 Å². The zero-order valence-corrected chi connectivity index (χ0v) is 16.2. The van der Waals surface area contributed by atoms with Crippen molar-refractivity contribution in [2.75, 3.05) is 0 Å². The van der Waals surface area contributed by atoms with Gasteiger partial charge in [-0.25, -0.2) is 4.98 Å². The topological polar surface area (TPSA) is 33.1 Å². The summed E-state index contributed by atoms with van der Waals surface area (Å²) >= 11 is 1.58. The van der Waals surface area contributed by atoms with Crippen LogP contribution in [-0.4, -0.2) is 10.1 Å². The summed E-state index contributed by atoms with van der Waals surface area (Å²) in [4.78, 5) is 4.50. The summed E-state index contributed by atoms with van der Waals surface area (Å²) in [5, 5.41) is 12.9. The van der Waals surface area contributed by atoms with Gasteiger partial charge in [-0.1, -0.05) is 109 Å². The van der Waals surface area contributed by atoms with Crippen molar-refractivity contribution in [2.24, 2.45) is 0 Å². The number of thioether (sulfide) groups is 1. The third-order valence-electron chi connectivity index (χ3n) is 4.79. The first-order valence-corrected chi connectivity index (χ1v) is 10.1. The third-order valence-corrected chi connectivity index (χ3v) is 6.12. The lowest BCUT2D eigenvalue weighted by molar-refractivity contribution is 0.0777. The lowest BCUT2D eigenvalue weighted by atomic mass is 9.81. The van der Waals surface area contributed by atoms with Crippen LogP contribution in [0.5, 0.6) is 0 Å². The number of rotatable bonds is 6. The van der Waals surface area contributed by atoms with E-state index in [0.717, 1.165) is 21.7 Å². The second kappa shape index (κ2) is 8.42. The molecule has 28 heavy (non-hydrogen) atoms. The van der Waals surface area contributed by atoms with Crippen LogP contribution in [0.1, 0.15) is 21.9 Å². The maximum absolute atomic E-state index is 12.3. The Morgan fingerprint density at radius 2 is 1.14 bits per heavy atom. The highest BCUT2D eigenvalue weighted by Crippen LogP contribution is 2.50. The van der Waals surface area contributed by atoms with Gasteiger partial charge < -0.3 is 5.11 Å². The Labute approximate surface area is 169 Å². The summed E-state index contributed by atoms with van der Waals surface area (Å²) in [7, 11) is 0. The molecule has 0 saturated heterocycles. The Morgan fingerprint density at radius 3 is 1.64 bits per heavy atom.